The third kappa shape index (κ3) is 5.21. The molecule has 8 nitrogen and oxygen atoms in total. The highest BCUT2D eigenvalue weighted by molar-refractivity contribution is 5.79. The maximum absolute atomic E-state index is 12.3. The highest BCUT2D eigenvalue weighted by Gasteiger charge is 2.25. The van der Waals surface area contributed by atoms with E-state index in [1.165, 1.54) is 0 Å². The van der Waals surface area contributed by atoms with Crippen molar-refractivity contribution in [2.24, 2.45) is 0 Å². The number of carbonyl (C=O) groups excluding carboxylic acids is 2. The normalized spacial score (nSPS) is 14.6. The van der Waals surface area contributed by atoms with Gasteiger partial charge in [0.25, 0.3) is 11.8 Å². The van der Waals surface area contributed by atoms with Crippen molar-refractivity contribution in [2.75, 3.05) is 39.3 Å². The zero-order valence-corrected chi connectivity index (χ0v) is 14.8. The van der Waals surface area contributed by atoms with Crippen molar-refractivity contribution in [2.45, 2.75) is 13.1 Å². The van der Waals surface area contributed by atoms with Gasteiger partial charge in [-0.2, -0.15) is 0 Å². The van der Waals surface area contributed by atoms with Crippen molar-refractivity contribution in [3.05, 3.63) is 48.3 Å². The fourth-order valence-electron chi connectivity index (χ4n) is 3.00. The van der Waals surface area contributed by atoms with E-state index in [0.717, 1.165) is 11.5 Å². The van der Waals surface area contributed by atoms with Crippen LogP contribution in [0.1, 0.15) is 11.5 Å². The lowest BCUT2D eigenvalue weighted by atomic mass is 10.3. The predicted molar refractivity (Wildman–Crippen MR) is 91.6 cm³/mol. The molecule has 0 unspecified atom stereocenters. The summed E-state index contributed by atoms with van der Waals surface area (Å²) in [4.78, 5) is 28.2. The van der Waals surface area contributed by atoms with Gasteiger partial charge in [-0.3, -0.25) is 9.59 Å². The largest absolute Gasteiger partial charge is 0.463 e. The van der Waals surface area contributed by atoms with Crippen molar-refractivity contribution < 1.29 is 29.1 Å². The summed E-state index contributed by atoms with van der Waals surface area (Å²) in [6.07, 6.45) is 3.26. The summed E-state index contributed by atoms with van der Waals surface area (Å²) in [5.41, 5.74) is 0. The zero-order valence-electron chi connectivity index (χ0n) is 14.8. The molecule has 3 heterocycles. The molecule has 0 bridgehead atoms. The van der Waals surface area contributed by atoms with Gasteiger partial charge < -0.3 is 29.3 Å². The monoisotopic (exact) mass is 362 g/mol. The van der Waals surface area contributed by atoms with E-state index in [4.69, 9.17) is 8.83 Å². The lowest BCUT2D eigenvalue weighted by Crippen LogP contribution is -2.85. The van der Waals surface area contributed by atoms with Crippen molar-refractivity contribution in [1.82, 2.24) is 9.80 Å². The summed E-state index contributed by atoms with van der Waals surface area (Å²) < 4.78 is 10.5. The number of nitrogens with zero attached hydrogens (tertiary/aromatic N) is 2. The van der Waals surface area contributed by atoms with E-state index >= 15 is 0 Å². The number of nitrogens with two attached hydrogens (primary N) is 2. The van der Waals surface area contributed by atoms with Gasteiger partial charge in [0, 0.05) is 26.2 Å². The summed E-state index contributed by atoms with van der Waals surface area (Å²) in [5, 5.41) is 3.87. The smallest absolute Gasteiger partial charge is 0.277 e. The Balaban J connectivity index is 1.31. The van der Waals surface area contributed by atoms with Crippen LogP contribution >= 0.6 is 0 Å². The number of piperazine rings is 1. The van der Waals surface area contributed by atoms with Crippen molar-refractivity contribution in [3.63, 3.8) is 0 Å². The topological polar surface area (TPSA) is 100 Å². The average molecular weight is 362 g/mol. The van der Waals surface area contributed by atoms with E-state index in [2.05, 4.69) is 0 Å². The predicted octanol–water partition coefficient (Wildman–Crippen LogP) is -1.63. The molecule has 1 aliphatic heterocycles. The standard InChI is InChI=1S/C18H24N4O4/c23-17(13-19-11-15-3-1-9-25-15)21-5-7-22(8-6-21)18(24)14-20-12-16-4-2-10-26-16/h1-4,9-10,19-20H,5-8,11-14H2/p+2. The molecule has 2 amide bonds. The molecule has 1 aliphatic rings. The molecule has 26 heavy (non-hydrogen) atoms. The number of amides is 2. The molecule has 0 aliphatic carbocycles. The molecule has 3 rings (SSSR count). The molecule has 4 N–H and O–H groups in total. The van der Waals surface area contributed by atoms with Crippen molar-refractivity contribution in [1.29, 1.82) is 0 Å². The Morgan fingerprint density at radius 1 is 0.808 bits per heavy atom. The minimum absolute atomic E-state index is 0.105. The van der Waals surface area contributed by atoms with Gasteiger partial charge in [0.2, 0.25) is 0 Å². The fraction of sp³-hybridized carbons (Fsp3) is 0.444. The third-order valence-electron chi connectivity index (χ3n) is 4.47. The Morgan fingerprint density at radius 2 is 1.23 bits per heavy atom. The quantitative estimate of drug-likeness (QED) is 0.589. The average Bonchev–Trinajstić information content (AvgIpc) is 3.36. The molecule has 2 aromatic heterocycles. The number of rotatable bonds is 8. The highest BCUT2D eigenvalue weighted by Crippen LogP contribution is 2.02. The second-order valence-corrected chi connectivity index (χ2v) is 6.31. The van der Waals surface area contributed by atoms with Crippen LogP contribution in [0.2, 0.25) is 0 Å². The van der Waals surface area contributed by atoms with Gasteiger partial charge in [0.05, 0.1) is 12.5 Å². The van der Waals surface area contributed by atoms with Crippen LogP contribution in [0.3, 0.4) is 0 Å². The van der Waals surface area contributed by atoms with Crippen molar-refractivity contribution >= 4 is 11.8 Å². The second-order valence-electron chi connectivity index (χ2n) is 6.31. The van der Waals surface area contributed by atoms with Crippen LogP contribution in [-0.4, -0.2) is 60.9 Å². The molecule has 0 radical (unpaired) electrons. The molecule has 0 saturated carbocycles. The summed E-state index contributed by atoms with van der Waals surface area (Å²) >= 11 is 0. The molecule has 0 spiro atoms. The maximum atomic E-state index is 12.3. The molecule has 140 valence electrons. The molecule has 0 atom stereocenters. The van der Waals surface area contributed by atoms with Gasteiger partial charge in [-0.1, -0.05) is 0 Å². The Labute approximate surface area is 152 Å². The van der Waals surface area contributed by atoms with Crippen LogP contribution in [0, 0.1) is 0 Å². The first-order valence-electron chi connectivity index (χ1n) is 8.96. The highest BCUT2D eigenvalue weighted by atomic mass is 16.3. The van der Waals surface area contributed by atoms with Crippen LogP contribution in [0.4, 0.5) is 0 Å². The van der Waals surface area contributed by atoms with Gasteiger partial charge in [0.1, 0.15) is 13.1 Å². The fourth-order valence-corrected chi connectivity index (χ4v) is 3.00. The Morgan fingerprint density at radius 3 is 1.58 bits per heavy atom. The van der Waals surface area contributed by atoms with Gasteiger partial charge in [-0.25, -0.2) is 0 Å². The molecule has 2 aromatic rings. The van der Waals surface area contributed by atoms with E-state index in [1.54, 1.807) is 12.5 Å². The molecule has 1 fully saturated rings. The van der Waals surface area contributed by atoms with Crippen LogP contribution in [0.5, 0.6) is 0 Å². The molecule has 0 aromatic carbocycles. The first-order valence-corrected chi connectivity index (χ1v) is 8.96. The second kappa shape index (κ2) is 9.21. The van der Waals surface area contributed by atoms with Gasteiger partial charge >= 0.3 is 0 Å². The summed E-state index contributed by atoms with van der Waals surface area (Å²) in [5.74, 6) is 1.93. The number of quaternary nitrogens is 2. The number of furan rings is 2. The Bertz CT molecular complexity index is 616. The molecule has 1 saturated heterocycles. The zero-order chi connectivity index (χ0) is 18.2. The third-order valence-corrected chi connectivity index (χ3v) is 4.47. The Kier molecular flexibility index (Phi) is 6.45. The minimum atomic E-state index is 0.105. The lowest BCUT2D eigenvalue weighted by Gasteiger charge is -2.34. The first-order chi connectivity index (χ1) is 12.7. The molecular formula is C18H26N4O4+2. The lowest BCUT2D eigenvalue weighted by molar-refractivity contribution is -0.662. The van der Waals surface area contributed by atoms with E-state index < -0.39 is 0 Å². The van der Waals surface area contributed by atoms with Crippen LogP contribution in [-0.2, 0) is 22.7 Å². The van der Waals surface area contributed by atoms with Crippen molar-refractivity contribution in [3.8, 4) is 0 Å². The van der Waals surface area contributed by atoms with E-state index in [1.807, 2.05) is 44.7 Å². The number of hydrogen-bond donors (Lipinski definition) is 2. The molecule has 8 heteroatoms. The summed E-state index contributed by atoms with van der Waals surface area (Å²) in [6.45, 7) is 4.48. The summed E-state index contributed by atoms with van der Waals surface area (Å²) in [6, 6.07) is 7.48. The van der Waals surface area contributed by atoms with E-state index in [0.29, 0.717) is 52.4 Å². The van der Waals surface area contributed by atoms with E-state index in [9.17, 15) is 9.59 Å². The summed E-state index contributed by atoms with van der Waals surface area (Å²) in [7, 11) is 0. The van der Waals surface area contributed by atoms with E-state index in [-0.39, 0.29) is 11.8 Å². The Hall–Kier alpha value is -2.58. The molecular weight excluding hydrogens is 336 g/mol. The first kappa shape index (κ1) is 18.2. The SMILES string of the molecule is O=C(C[NH2+]Cc1ccco1)N1CCN(C(=O)C[NH2+]Cc2ccco2)CC1. The number of carbonyl (C=O) groups is 2. The van der Waals surface area contributed by atoms with Crippen LogP contribution in [0.25, 0.3) is 0 Å². The van der Waals surface area contributed by atoms with Gasteiger partial charge in [-0.15, -0.1) is 0 Å². The maximum Gasteiger partial charge on any atom is 0.277 e. The minimum Gasteiger partial charge on any atom is -0.463 e. The van der Waals surface area contributed by atoms with Gasteiger partial charge in [-0.05, 0) is 24.3 Å². The van der Waals surface area contributed by atoms with Gasteiger partial charge in [0.15, 0.2) is 24.6 Å². The van der Waals surface area contributed by atoms with Crippen LogP contribution < -0.4 is 10.6 Å². The van der Waals surface area contributed by atoms with Crippen LogP contribution in [0.15, 0.2) is 45.6 Å². The number of hydrogen-bond acceptors (Lipinski definition) is 4.